The third kappa shape index (κ3) is 6.13. The Morgan fingerprint density at radius 1 is 0.794 bits per heavy atom. The Kier molecular flexibility index (Phi) is 7.34. The maximum absolute atomic E-state index is 13.0. The first-order valence-corrected chi connectivity index (χ1v) is 12.9. The third-order valence-corrected chi connectivity index (χ3v) is 7.51. The number of benzene rings is 3. The minimum absolute atomic E-state index is 0.0301. The molecule has 0 radical (unpaired) electrons. The van der Waals surface area contributed by atoms with Crippen LogP contribution in [0.15, 0.2) is 76.5 Å². The Morgan fingerprint density at radius 3 is 1.76 bits per heavy atom. The van der Waals surface area contributed by atoms with Gasteiger partial charge >= 0.3 is 6.18 Å². The quantitative estimate of drug-likeness (QED) is 0.405. The zero-order valence-electron chi connectivity index (χ0n) is 17.4. The van der Waals surface area contributed by atoms with Crippen LogP contribution >= 0.6 is 11.6 Å². The molecule has 0 saturated heterocycles. The van der Waals surface area contributed by atoms with Crippen molar-refractivity contribution in [1.82, 2.24) is 0 Å². The van der Waals surface area contributed by atoms with Crippen LogP contribution in [0.1, 0.15) is 12.5 Å². The van der Waals surface area contributed by atoms with Crippen LogP contribution in [0.5, 0.6) is 5.75 Å². The van der Waals surface area contributed by atoms with E-state index in [9.17, 15) is 30.0 Å². The number of hydrogen-bond donors (Lipinski definition) is 2. The molecule has 3 rings (SSSR count). The summed E-state index contributed by atoms with van der Waals surface area (Å²) in [6.07, 6.45) is -4.76. The van der Waals surface area contributed by atoms with Crippen molar-refractivity contribution in [2.75, 3.05) is 16.1 Å². The molecule has 3 aromatic carbocycles. The highest BCUT2D eigenvalue weighted by Crippen LogP contribution is 2.36. The van der Waals surface area contributed by atoms with Crippen LogP contribution in [0.2, 0.25) is 5.02 Å². The summed E-state index contributed by atoms with van der Waals surface area (Å²) in [7, 11) is -8.22. The predicted molar refractivity (Wildman–Crippen MR) is 122 cm³/mol. The van der Waals surface area contributed by atoms with Gasteiger partial charge in [0.25, 0.3) is 20.0 Å². The monoisotopic (exact) mass is 534 g/mol. The normalized spacial score (nSPS) is 12.3. The Hall–Kier alpha value is -2.96. The van der Waals surface area contributed by atoms with Crippen molar-refractivity contribution < 1.29 is 34.7 Å². The highest BCUT2D eigenvalue weighted by atomic mass is 35.5. The van der Waals surface area contributed by atoms with Crippen LogP contribution in [0, 0.1) is 0 Å². The van der Waals surface area contributed by atoms with Crippen LogP contribution in [0.4, 0.5) is 24.5 Å². The predicted octanol–water partition coefficient (Wildman–Crippen LogP) is 5.36. The Bertz CT molecular complexity index is 1380. The van der Waals surface area contributed by atoms with Gasteiger partial charge in [0.1, 0.15) is 5.75 Å². The lowest BCUT2D eigenvalue weighted by molar-refractivity contribution is -0.137. The molecule has 0 aliphatic carbocycles. The lowest BCUT2D eigenvalue weighted by atomic mass is 10.2. The summed E-state index contributed by atoms with van der Waals surface area (Å²) < 4.78 is 98.9. The largest absolute Gasteiger partial charge is 0.494 e. The highest BCUT2D eigenvalue weighted by molar-refractivity contribution is 7.93. The first-order chi connectivity index (χ1) is 15.8. The molecule has 34 heavy (non-hydrogen) atoms. The van der Waals surface area contributed by atoms with E-state index in [2.05, 4.69) is 4.72 Å². The van der Waals surface area contributed by atoms with Gasteiger partial charge in [-0.15, -0.1) is 0 Å². The molecule has 0 aliphatic rings. The lowest BCUT2D eigenvalue weighted by Gasteiger charge is -2.13. The number of nitrogens with one attached hydrogen (secondary N) is 2. The summed E-state index contributed by atoms with van der Waals surface area (Å²) >= 11 is 5.55. The second kappa shape index (κ2) is 9.72. The van der Waals surface area contributed by atoms with Gasteiger partial charge in [-0.3, -0.25) is 9.44 Å². The van der Waals surface area contributed by atoms with Gasteiger partial charge in [-0.05, 0) is 73.7 Å². The standard InChI is InChI=1S/C21H18ClF3N2O5S2/c1-2-32-16-6-10-18(11-7-16)33(28,29)26-14-3-8-17(9-4-14)34(30,31)27-15-5-12-20(22)19(13-15)21(23,24)25/h3-13,26-27H,2H2,1H3. The van der Waals surface area contributed by atoms with Crippen molar-refractivity contribution in [1.29, 1.82) is 0 Å². The fraction of sp³-hybridized carbons (Fsp3) is 0.143. The molecule has 0 spiro atoms. The smallest absolute Gasteiger partial charge is 0.417 e. The zero-order valence-corrected chi connectivity index (χ0v) is 19.8. The number of sulfonamides is 2. The van der Waals surface area contributed by atoms with Crippen molar-refractivity contribution in [2.45, 2.75) is 22.9 Å². The van der Waals surface area contributed by atoms with E-state index in [1.807, 2.05) is 4.72 Å². The number of ether oxygens (including phenoxy) is 1. The first-order valence-electron chi connectivity index (χ1n) is 9.57. The van der Waals surface area contributed by atoms with Crippen LogP contribution < -0.4 is 14.2 Å². The van der Waals surface area contributed by atoms with Crippen molar-refractivity contribution >= 4 is 43.0 Å². The van der Waals surface area contributed by atoms with Gasteiger partial charge in [-0.2, -0.15) is 13.2 Å². The molecule has 0 aliphatic heterocycles. The molecule has 2 N–H and O–H groups in total. The van der Waals surface area contributed by atoms with E-state index in [0.717, 1.165) is 24.3 Å². The summed E-state index contributed by atoms with van der Waals surface area (Å²) in [4.78, 5) is -0.322. The average molecular weight is 535 g/mol. The minimum Gasteiger partial charge on any atom is -0.494 e. The molecule has 3 aromatic rings. The van der Waals surface area contributed by atoms with E-state index in [-0.39, 0.29) is 21.2 Å². The molecule has 0 unspecified atom stereocenters. The molecule has 0 fully saturated rings. The number of hydrogen-bond acceptors (Lipinski definition) is 5. The van der Waals surface area contributed by atoms with E-state index in [0.29, 0.717) is 18.4 Å². The molecule has 0 bridgehead atoms. The van der Waals surface area contributed by atoms with E-state index in [1.54, 1.807) is 6.92 Å². The molecule has 0 amide bonds. The van der Waals surface area contributed by atoms with Crippen molar-refractivity contribution in [2.24, 2.45) is 0 Å². The molecular formula is C21H18ClF3N2O5S2. The lowest BCUT2D eigenvalue weighted by Crippen LogP contribution is -2.15. The van der Waals surface area contributed by atoms with Gasteiger partial charge < -0.3 is 4.74 Å². The maximum atomic E-state index is 13.0. The SMILES string of the molecule is CCOc1ccc(S(=O)(=O)Nc2ccc(S(=O)(=O)Nc3ccc(Cl)c(C(F)(F)F)c3)cc2)cc1. The highest BCUT2D eigenvalue weighted by Gasteiger charge is 2.33. The van der Waals surface area contributed by atoms with E-state index < -0.39 is 36.8 Å². The zero-order chi connectivity index (χ0) is 25.1. The topological polar surface area (TPSA) is 102 Å². The molecule has 0 saturated carbocycles. The molecule has 13 heteroatoms. The van der Waals surface area contributed by atoms with E-state index in [1.165, 1.54) is 36.4 Å². The molecular weight excluding hydrogens is 517 g/mol. The Balaban J connectivity index is 1.77. The minimum atomic E-state index is -4.76. The molecule has 182 valence electrons. The van der Waals surface area contributed by atoms with Gasteiger partial charge in [-0.1, -0.05) is 11.6 Å². The first kappa shape index (κ1) is 25.7. The number of anilines is 2. The van der Waals surface area contributed by atoms with Crippen LogP contribution in [0.25, 0.3) is 0 Å². The van der Waals surface area contributed by atoms with Gasteiger partial charge in [0.15, 0.2) is 0 Å². The van der Waals surface area contributed by atoms with Crippen LogP contribution in [-0.2, 0) is 26.2 Å². The van der Waals surface area contributed by atoms with Crippen LogP contribution in [0.3, 0.4) is 0 Å². The Morgan fingerprint density at radius 2 is 1.26 bits per heavy atom. The van der Waals surface area contributed by atoms with Crippen LogP contribution in [-0.4, -0.2) is 23.4 Å². The van der Waals surface area contributed by atoms with Crippen molar-refractivity contribution in [3.63, 3.8) is 0 Å². The molecule has 7 nitrogen and oxygen atoms in total. The molecule has 0 heterocycles. The molecule has 0 aromatic heterocycles. The van der Waals surface area contributed by atoms with Gasteiger partial charge in [0.05, 0.1) is 27.0 Å². The van der Waals surface area contributed by atoms with Crippen molar-refractivity contribution in [3.05, 3.63) is 77.3 Å². The molecule has 0 atom stereocenters. The fourth-order valence-electron chi connectivity index (χ4n) is 2.82. The van der Waals surface area contributed by atoms with Gasteiger partial charge in [-0.25, -0.2) is 16.8 Å². The number of halogens is 4. The van der Waals surface area contributed by atoms with Crippen molar-refractivity contribution in [3.8, 4) is 5.75 Å². The Labute approximate surface area is 199 Å². The summed E-state index contributed by atoms with van der Waals surface area (Å²) in [5.41, 5.74) is -1.44. The summed E-state index contributed by atoms with van der Waals surface area (Å²) in [6.45, 7) is 2.22. The average Bonchev–Trinajstić information content (AvgIpc) is 2.75. The fourth-order valence-corrected chi connectivity index (χ4v) is 5.15. The number of alkyl halides is 3. The maximum Gasteiger partial charge on any atom is 0.417 e. The number of rotatable bonds is 8. The van der Waals surface area contributed by atoms with Gasteiger partial charge in [0.2, 0.25) is 0 Å². The second-order valence-corrected chi connectivity index (χ2v) is 10.6. The van der Waals surface area contributed by atoms with E-state index in [4.69, 9.17) is 16.3 Å². The third-order valence-electron chi connectivity index (χ3n) is 4.39. The van der Waals surface area contributed by atoms with Gasteiger partial charge in [0, 0.05) is 11.4 Å². The second-order valence-electron chi connectivity index (χ2n) is 6.83. The summed E-state index contributed by atoms with van der Waals surface area (Å²) in [6, 6.07) is 13.0. The van der Waals surface area contributed by atoms with E-state index >= 15 is 0 Å². The summed E-state index contributed by atoms with van der Waals surface area (Å²) in [5, 5.41) is -0.570. The summed E-state index contributed by atoms with van der Waals surface area (Å²) in [5.74, 6) is 0.506.